The summed E-state index contributed by atoms with van der Waals surface area (Å²) in [6.45, 7) is 13.0. The first-order valence-electron chi connectivity index (χ1n) is 13.6. The summed E-state index contributed by atoms with van der Waals surface area (Å²) in [7, 11) is -4.10. The minimum atomic E-state index is -4.10. The summed E-state index contributed by atoms with van der Waals surface area (Å²) in [4.78, 5) is 29.0. The van der Waals surface area contributed by atoms with E-state index >= 15 is 0 Å². The van der Waals surface area contributed by atoms with Gasteiger partial charge in [0, 0.05) is 12.6 Å². The Bertz CT molecular complexity index is 1410. The van der Waals surface area contributed by atoms with Crippen molar-refractivity contribution in [2.24, 2.45) is 0 Å². The van der Waals surface area contributed by atoms with Crippen molar-refractivity contribution in [3.8, 4) is 0 Å². The fraction of sp³-hybridized carbons (Fsp3) is 0.375. The van der Waals surface area contributed by atoms with Gasteiger partial charge in [0.15, 0.2) is 0 Å². The van der Waals surface area contributed by atoms with Gasteiger partial charge < -0.3 is 10.2 Å². The molecule has 0 aliphatic rings. The summed E-state index contributed by atoms with van der Waals surface area (Å²) in [5, 5.41) is 2.92. The number of benzene rings is 3. The van der Waals surface area contributed by atoms with E-state index < -0.39 is 28.5 Å². The van der Waals surface area contributed by atoms with Crippen LogP contribution in [0, 0.1) is 27.7 Å². The standard InChI is InChI=1S/C32H41N3O4S/c1-8-30(32(37)33-22(2)3)34(20-27-13-9-23(4)10-14-27)31(36)21-35(28-18-25(6)17-26(7)19-28)40(38,39)29-15-11-24(5)12-16-29/h9-19,22,30H,8,20-21H2,1-7H3,(H,33,37)/t30-/m0/s1. The molecule has 0 radical (unpaired) electrons. The van der Waals surface area contributed by atoms with Gasteiger partial charge in [-0.05, 0) is 88.9 Å². The predicted octanol–water partition coefficient (Wildman–Crippen LogP) is 5.45. The van der Waals surface area contributed by atoms with Crippen LogP contribution in [0.3, 0.4) is 0 Å². The molecule has 0 bridgehead atoms. The molecule has 0 fully saturated rings. The molecule has 2 amide bonds. The molecule has 0 aromatic heterocycles. The smallest absolute Gasteiger partial charge is 0.264 e. The van der Waals surface area contributed by atoms with Crippen molar-refractivity contribution in [2.45, 2.75) is 78.4 Å². The highest BCUT2D eigenvalue weighted by Gasteiger charge is 2.34. The normalized spacial score (nSPS) is 12.2. The Morgan fingerprint density at radius 1 is 0.800 bits per heavy atom. The summed E-state index contributed by atoms with van der Waals surface area (Å²) < 4.78 is 29.2. The molecule has 40 heavy (non-hydrogen) atoms. The van der Waals surface area contributed by atoms with Crippen molar-refractivity contribution < 1.29 is 18.0 Å². The number of sulfonamides is 1. The minimum Gasteiger partial charge on any atom is -0.352 e. The van der Waals surface area contributed by atoms with E-state index in [0.717, 1.165) is 32.1 Å². The van der Waals surface area contributed by atoms with Gasteiger partial charge in [0.1, 0.15) is 12.6 Å². The van der Waals surface area contributed by atoms with Crippen LogP contribution in [0.1, 0.15) is 55.0 Å². The predicted molar refractivity (Wildman–Crippen MR) is 161 cm³/mol. The zero-order valence-corrected chi connectivity index (χ0v) is 25.4. The number of nitrogens with one attached hydrogen (secondary N) is 1. The van der Waals surface area contributed by atoms with Crippen molar-refractivity contribution in [1.82, 2.24) is 10.2 Å². The van der Waals surface area contributed by atoms with Crippen LogP contribution in [0.2, 0.25) is 0 Å². The molecule has 1 N–H and O–H groups in total. The first-order chi connectivity index (χ1) is 18.8. The van der Waals surface area contributed by atoms with Crippen LogP contribution < -0.4 is 9.62 Å². The molecule has 0 saturated carbocycles. The van der Waals surface area contributed by atoms with Crippen LogP contribution in [0.25, 0.3) is 0 Å². The highest BCUT2D eigenvalue weighted by Crippen LogP contribution is 2.27. The molecule has 0 aliphatic heterocycles. The quantitative estimate of drug-likeness (QED) is 0.336. The highest BCUT2D eigenvalue weighted by atomic mass is 32.2. The first-order valence-corrected chi connectivity index (χ1v) is 15.1. The summed E-state index contributed by atoms with van der Waals surface area (Å²) in [6, 6.07) is 19.0. The fourth-order valence-corrected chi connectivity index (χ4v) is 6.05. The number of aryl methyl sites for hydroxylation is 4. The Morgan fingerprint density at radius 3 is 1.82 bits per heavy atom. The van der Waals surface area contributed by atoms with Crippen LogP contribution in [0.15, 0.2) is 71.6 Å². The van der Waals surface area contributed by atoms with Gasteiger partial charge in [-0.15, -0.1) is 0 Å². The number of hydrogen-bond donors (Lipinski definition) is 1. The van der Waals surface area contributed by atoms with Crippen LogP contribution >= 0.6 is 0 Å². The van der Waals surface area contributed by atoms with Gasteiger partial charge in [-0.25, -0.2) is 8.42 Å². The molecule has 3 aromatic rings. The second kappa shape index (κ2) is 13.1. The second-order valence-electron chi connectivity index (χ2n) is 10.8. The third kappa shape index (κ3) is 7.72. The monoisotopic (exact) mass is 563 g/mol. The maximum Gasteiger partial charge on any atom is 0.264 e. The van der Waals surface area contributed by atoms with E-state index in [2.05, 4.69) is 5.32 Å². The molecule has 7 nitrogen and oxygen atoms in total. The molecule has 0 aliphatic carbocycles. The van der Waals surface area contributed by atoms with Gasteiger partial charge >= 0.3 is 0 Å². The Morgan fingerprint density at radius 2 is 1.32 bits per heavy atom. The lowest BCUT2D eigenvalue weighted by Gasteiger charge is -2.33. The van der Waals surface area contributed by atoms with Crippen molar-refractivity contribution in [1.29, 1.82) is 0 Å². The zero-order valence-electron chi connectivity index (χ0n) is 24.6. The van der Waals surface area contributed by atoms with Gasteiger partial charge in [0.05, 0.1) is 10.6 Å². The summed E-state index contributed by atoms with van der Waals surface area (Å²) in [5.41, 5.74) is 5.03. The summed E-state index contributed by atoms with van der Waals surface area (Å²) in [6.07, 6.45) is 0.379. The number of rotatable bonds is 11. The van der Waals surface area contributed by atoms with Crippen LogP contribution in [0.4, 0.5) is 5.69 Å². The van der Waals surface area contributed by atoms with Gasteiger partial charge in [-0.3, -0.25) is 13.9 Å². The maximum atomic E-state index is 14.1. The van der Waals surface area contributed by atoms with Crippen LogP contribution in [-0.2, 0) is 26.2 Å². The minimum absolute atomic E-state index is 0.0970. The maximum absolute atomic E-state index is 14.1. The van der Waals surface area contributed by atoms with Gasteiger partial charge in [0.25, 0.3) is 10.0 Å². The topological polar surface area (TPSA) is 86.8 Å². The van der Waals surface area contributed by atoms with E-state index in [0.29, 0.717) is 12.1 Å². The van der Waals surface area contributed by atoms with E-state index in [1.807, 2.05) is 78.8 Å². The molecule has 3 rings (SSSR count). The van der Waals surface area contributed by atoms with Crippen molar-refractivity contribution >= 4 is 27.5 Å². The molecule has 0 heterocycles. The molecular formula is C32H41N3O4S. The van der Waals surface area contributed by atoms with E-state index in [4.69, 9.17) is 0 Å². The summed E-state index contributed by atoms with van der Waals surface area (Å²) in [5.74, 6) is -0.724. The Kier molecular flexibility index (Phi) is 10.1. The van der Waals surface area contributed by atoms with Crippen molar-refractivity contribution in [2.75, 3.05) is 10.8 Å². The number of carbonyl (C=O) groups is 2. The fourth-order valence-electron chi connectivity index (χ4n) is 4.65. The third-order valence-corrected chi connectivity index (χ3v) is 8.46. The van der Waals surface area contributed by atoms with Crippen LogP contribution in [-0.4, -0.2) is 43.8 Å². The molecule has 1 atom stereocenters. The molecule has 0 saturated heterocycles. The summed E-state index contributed by atoms with van der Waals surface area (Å²) >= 11 is 0. The van der Waals surface area contributed by atoms with Gasteiger partial charge in [-0.1, -0.05) is 60.5 Å². The first kappa shape index (κ1) is 30.9. The lowest BCUT2D eigenvalue weighted by Crippen LogP contribution is -2.53. The Balaban J connectivity index is 2.09. The molecule has 8 heteroatoms. The molecule has 3 aromatic carbocycles. The molecule has 214 valence electrons. The van der Waals surface area contributed by atoms with E-state index in [9.17, 15) is 18.0 Å². The number of hydrogen-bond acceptors (Lipinski definition) is 4. The molecule has 0 spiro atoms. The molecular weight excluding hydrogens is 522 g/mol. The SMILES string of the molecule is CC[C@@H](C(=O)NC(C)C)N(Cc1ccc(C)cc1)C(=O)CN(c1cc(C)cc(C)c1)S(=O)(=O)c1ccc(C)cc1. The number of carbonyl (C=O) groups excluding carboxylic acids is 2. The average Bonchev–Trinajstić information content (AvgIpc) is 2.87. The number of anilines is 1. The van der Waals surface area contributed by atoms with Crippen LogP contribution in [0.5, 0.6) is 0 Å². The van der Waals surface area contributed by atoms with E-state index in [1.54, 1.807) is 36.4 Å². The largest absolute Gasteiger partial charge is 0.352 e. The number of nitrogens with zero attached hydrogens (tertiary/aromatic N) is 2. The Hall–Kier alpha value is -3.65. The van der Waals surface area contributed by atoms with Crippen molar-refractivity contribution in [3.05, 3.63) is 94.5 Å². The second-order valence-corrected chi connectivity index (χ2v) is 12.6. The van der Waals surface area contributed by atoms with Gasteiger partial charge in [0.2, 0.25) is 11.8 Å². The average molecular weight is 564 g/mol. The van der Waals surface area contributed by atoms with Gasteiger partial charge in [-0.2, -0.15) is 0 Å². The van der Waals surface area contributed by atoms with Crippen molar-refractivity contribution in [3.63, 3.8) is 0 Å². The number of amides is 2. The van der Waals surface area contributed by atoms with E-state index in [1.165, 1.54) is 4.90 Å². The highest BCUT2D eigenvalue weighted by molar-refractivity contribution is 7.92. The molecule has 0 unspecified atom stereocenters. The third-order valence-electron chi connectivity index (χ3n) is 6.67. The van der Waals surface area contributed by atoms with E-state index in [-0.39, 0.29) is 23.4 Å². The lowest BCUT2D eigenvalue weighted by atomic mass is 10.1. The lowest BCUT2D eigenvalue weighted by molar-refractivity contribution is -0.140. The Labute approximate surface area is 239 Å². The zero-order chi connectivity index (χ0) is 29.6.